The molecule has 27 heavy (non-hydrogen) atoms. The van der Waals surface area contributed by atoms with Crippen LogP contribution in [-0.2, 0) is 6.54 Å². The highest BCUT2D eigenvalue weighted by Crippen LogP contribution is 2.26. The van der Waals surface area contributed by atoms with Crippen LogP contribution in [0.4, 0.5) is 0 Å². The van der Waals surface area contributed by atoms with Gasteiger partial charge in [-0.25, -0.2) is 4.79 Å². The third-order valence-electron chi connectivity index (χ3n) is 4.44. The summed E-state index contributed by atoms with van der Waals surface area (Å²) in [4.78, 5) is 13.0. The van der Waals surface area contributed by atoms with Gasteiger partial charge in [0.2, 0.25) is 0 Å². The molecule has 8 heteroatoms. The number of halogens is 1. The van der Waals surface area contributed by atoms with E-state index in [1.54, 1.807) is 36.4 Å². The summed E-state index contributed by atoms with van der Waals surface area (Å²) >= 11 is 6.18. The number of benzene rings is 2. The Labute approximate surface area is 160 Å². The molecule has 0 aliphatic rings. The molecule has 140 valence electrons. The predicted octanol–water partition coefficient (Wildman–Crippen LogP) is 1.91. The Morgan fingerprint density at radius 2 is 1.93 bits per heavy atom. The maximum atomic E-state index is 13.0. The third-order valence-corrected chi connectivity index (χ3v) is 4.73. The summed E-state index contributed by atoms with van der Waals surface area (Å²) in [6.45, 7) is -0.557. The standard InChI is InChI=1S/C19H18ClN3O4/c1-27-18-5-3-13(6-15(18)20)9-22-17-7-12(8-21)2-4-16(17)23(19(22)26)14(10-24)11-25/h2-7,14,24-25H,9-11H2,1H3. The van der Waals surface area contributed by atoms with E-state index in [9.17, 15) is 20.3 Å². The third kappa shape index (κ3) is 3.43. The molecule has 0 aliphatic heterocycles. The van der Waals surface area contributed by atoms with Gasteiger partial charge in [-0.3, -0.25) is 9.13 Å². The lowest BCUT2D eigenvalue weighted by Crippen LogP contribution is -2.31. The molecule has 0 saturated heterocycles. The average molecular weight is 388 g/mol. The fraction of sp³-hybridized carbons (Fsp3) is 0.263. The molecule has 0 spiro atoms. The summed E-state index contributed by atoms with van der Waals surface area (Å²) in [6, 6.07) is 11.4. The SMILES string of the molecule is COc1ccc(Cn2c(=O)n(C(CO)CO)c3ccc(C#N)cc32)cc1Cl. The summed E-state index contributed by atoms with van der Waals surface area (Å²) in [7, 11) is 1.52. The Morgan fingerprint density at radius 1 is 1.19 bits per heavy atom. The summed E-state index contributed by atoms with van der Waals surface area (Å²) in [5, 5.41) is 28.7. The van der Waals surface area contributed by atoms with E-state index in [0.29, 0.717) is 27.4 Å². The second kappa shape index (κ2) is 7.84. The Bertz CT molecular complexity index is 1080. The maximum Gasteiger partial charge on any atom is 0.329 e. The van der Waals surface area contributed by atoms with Gasteiger partial charge in [0.05, 0.1) is 60.6 Å². The first-order valence-corrected chi connectivity index (χ1v) is 8.60. The molecule has 0 saturated carbocycles. The molecule has 0 aliphatic carbocycles. The van der Waals surface area contributed by atoms with Crippen molar-refractivity contribution >= 4 is 22.6 Å². The molecule has 0 radical (unpaired) electrons. The molecule has 2 N–H and O–H groups in total. The molecule has 1 heterocycles. The van der Waals surface area contributed by atoms with E-state index in [1.165, 1.54) is 16.2 Å². The number of imidazole rings is 1. The van der Waals surface area contributed by atoms with Crippen LogP contribution in [0.15, 0.2) is 41.2 Å². The van der Waals surface area contributed by atoms with Gasteiger partial charge in [0.1, 0.15) is 5.75 Å². The van der Waals surface area contributed by atoms with E-state index >= 15 is 0 Å². The molecule has 0 unspecified atom stereocenters. The van der Waals surface area contributed by atoms with E-state index in [4.69, 9.17) is 16.3 Å². The lowest BCUT2D eigenvalue weighted by atomic mass is 10.2. The van der Waals surface area contributed by atoms with Crippen molar-refractivity contribution in [1.82, 2.24) is 9.13 Å². The second-order valence-electron chi connectivity index (χ2n) is 6.04. The summed E-state index contributed by atoms with van der Waals surface area (Å²) < 4.78 is 7.98. The Balaban J connectivity index is 2.19. The van der Waals surface area contributed by atoms with Crippen LogP contribution in [0, 0.1) is 11.3 Å². The number of aliphatic hydroxyl groups excluding tert-OH is 2. The van der Waals surface area contributed by atoms with Crippen LogP contribution < -0.4 is 10.4 Å². The number of nitrogens with zero attached hydrogens (tertiary/aromatic N) is 3. The van der Waals surface area contributed by atoms with Crippen LogP contribution >= 0.6 is 11.6 Å². The lowest BCUT2D eigenvalue weighted by Gasteiger charge is -2.12. The van der Waals surface area contributed by atoms with Gasteiger partial charge < -0.3 is 14.9 Å². The molecule has 2 aromatic carbocycles. The van der Waals surface area contributed by atoms with Gasteiger partial charge >= 0.3 is 5.69 Å². The number of fused-ring (bicyclic) bond motifs is 1. The first kappa shape index (κ1) is 19.0. The topological polar surface area (TPSA) is 100 Å². The van der Waals surface area contributed by atoms with E-state index in [1.807, 2.05) is 0 Å². The van der Waals surface area contributed by atoms with Crippen LogP contribution in [0.1, 0.15) is 17.2 Å². The van der Waals surface area contributed by atoms with E-state index in [0.717, 1.165) is 5.56 Å². The zero-order chi connectivity index (χ0) is 19.6. The van der Waals surface area contributed by atoms with Crippen molar-refractivity contribution in [2.75, 3.05) is 20.3 Å². The fourth-order valence-electron chi connectivity index (χ4n) is 3.07. The van der Waals surface area contributed by atoms with Crippen LogP contribution in [0.5, 0.6) is 5.75 Å². The lowest BCUT2D eigenvalue weighted by molar-refractivity contribution is 0.154. The number of nitriles is 1. The maximum absolute atomic E-state index is 13.0. The number of ether oxygens (including phenoxy) is 1. The Hall–Kier alpha value is -2.79. The second-order valence-corrected chi connectivity index (χ2v) is 6.45. The molecule has 0 atom stereocenters. The van der Waals surface area contributed by atoms with Crippen molar-refractivity contribution in [1.29, 1.82) is 5.26 Å². The number of methoxy groups -OCH3 is 1. The molecule has 7 nitrogen and oxygen atoms in total. The van der Waals surface area contributed by atoms with Crippen molar-refractivity contribution in [3.8, 4) is 11.8 Å². The zero-order valence-corrected chi connectivity index (χ0v) is 15.3. The fourth-order valence-corrected chi connectivity index (χ4v) is 3.35. The largest absolute Gasteiger partial charge is 0.495 e. The summed E-state index contributed by atoms with van der Waals surface area (Å²) in [5.74, 6) is 0.530. The van der Waals surface area contributed by atoms with Crippen LogP contribution in [0.2, 0.25) is 5.02 Å². The van der Waals surface area contributed by atoms with Crippen molar-refractivity contribution in [3.63, 3.8) is 0 Å². The molecule has 0 fully saturated rings. The minimum Gasteiger partial charge on any atom is -0.495 e. The van der Waals surface area contributed by atoms with Crippen LogP contribution in [0.3, 0.4) is 0 Å². The summed E-state index contributed by atoms with van der Waals surface area (Å²) in [6.07, 6.45) is 0. The van der Waals surface area contributed by atoms with Gasteiger partial charge in [0, 0.05) is 0 Å². The number of rotatable bonds is 6. The summed E-state index contributed by atoms with van der Waals surface area (Å²) in [5.41, 5.74) is 1.87. The first-order chi connectivity index (χ1) is 13.0. The minimum atomic E-state index is -0.770. The molecule has 3 rings (SSSR count). The van der Waals surface area contributed by atoms with Gasteiger partial charge in [-0.2, -0.15) is 5.26 Å². The highest BCUT2D eigenvalue weighted by Gasteiger charge is 2.20. The smallest absolute Gasteiger partial charge is 0.329 e. The van der Waals surface area contributed by atoms with Crippen molar-refractivity contribution in [2.24, 2.45) is 0 Å². The highest BCUT2D eigenvalue weighted by atomic mass is 35.5. The Kier molecular flexibility index (Phi) is 5.51. The quantitative estimate of drug-likeness (QED) is 0.673. The van der Waals surface area contributed by atoms with Gasteiger partial charge in [-0.05, 0) is 35.9 Å². The molecular formula is C19H18ClN3O4. The molecule has 0 bridgehead atoms. The number of aromatic nitrogens is 2. The monoisotopic (exact) mass is 387 g/mol. The number of hydrogen-bond acceptors (Lipinski definition) is 5. The van der Waals surface area contributed by atoms with Crippen molar-refractivity contribution in [3.05, 3.63) is 63.0 Å². The minimum absolute atomic E-state index is 0.213. The van der Waals surface area contributed by atoms with Gasteiger partial charge in [-0.1, -0.05) is 17.7 Å². The van der Waals surface area contributed by atoms with Crippen LogP contribution in [-0.4, -0.2) is 39.7 Å². The highest BCUT2D eigenvalue weighted by molar-refractivity contribution is 6.32. The van der Waals surface area contributed by atoms with E-state index < -0.39 is 6.04 Å². The van der Waals surface area contributed by atoms with Crippen molar-refractivity contribution in [2.45, 2.75) is 12.6 Å². The van der Waals surface area contributed by atoms with E-state index in [2.05, 4.69) is 6.07 Å². The number of hydrogen-bond donors (Lipinski definition) is 2. The molecule has 1 aromatic heterocycles. The average Bonchev–Trinajstić information content (AvgIpc) is 2.95. The van der Waals surface area contributed by atoms with Gasteiger partial charge in [0.25, 0.3) is 0 Å². The first-order valence-electron chi connectivity index (χ1n) is 8.23. The number of aliphatic hydroxyl groups is 2. The van der Waals surface area contributed by atoms with Gasteiger partial charge in [-0.15, -0.1) is 0 Å². The molecular weight excluding hydrogens is 370 g/mol. The van der Waals surface area contributed by atoms with Crippen LogP contribution in [0.25, 0.3) is 11.0 Å². The molecule has 3 aromatic rings. The predicted molar refractivity (Wildman–Crippen MR) is 101 cm³/mol. The van der Waals surface area contributed by atoms with Crippen molar-refractivity contribution < 1.29 is 14.9 Å². The Morgan fingerprint density at radius 3 is 2.52 bits per heavy atom. The normalized spacial score (nSPS) is 11.1. The van der Waals surface area contributed by atoms with E-state index in [-0.39, 0.29) is 25.4 Å². The molecule has 0 amide bonds. The van der Waals surface area contributed by atoms with Gasteiger partial charge in [0.15, 0.2) is 0 Å². The zero-order valence-electron chi connectivity index (χ0n) is 14.6.